The maximum Gasteiger partial charge on any atom is 0.237 e. The third-order valence-electron chi connectivity index (χ3n) is 9.66. The second kappa shape index (κ2) is 11.5. The Kier molecular flexibility index (Phi) is 8.69. The summed E-state index contributed by atoms with van der Waals surface area (Å²) in [6, 6.07) is 0. The van der Waals surface area contributed by atoms with Gasteiger partial charge in [0, 0.05) is 5.54 Å². The summed E-state index contributed by atoms with van der Waals surface area (Å²) in [6.45, 7) is 6.10. The Morgan fingerprint density at radius 1 is 0.848 bits per heavy atom. The maximum atomic E-state index is 12.8. The van der Waals surface area contributed by atoms with Crippen LogP contribution < -0.4 is 5.32 Å². The van der Waals surface area contributed by atoms with Gasteiger partial charge in [-0.15, -0.1) is 0 Å². The van der Waals surface area contributed by atoms with E-state index in [2.05, 4.69) is 37.0 Å². The van der Waals surface area contributed by atoms with Crippen LogP contribution in [0.3, 0.4) is 0 Å². The molecule has 0 aromatic rings. The van der Waals surface area contributed by atoms with E-state index in [1.165, 1.54) is 115 Å². The monoisotopic (exact) mass is 447 g/mol. The molecule has 0 spiro atoms. The van der Waals surface area contributed by atoms with Gasteiger partial charge in [-0.25, -0.2) is 0 Å². The fraction of sp³-hybridized carbons (Fsp3) is 0.759. The summed E-state index contributed by atoms with van der Waals surface area (Å²) in [5, 5.41) is 3.53. The summed E-state index contributed by atoms with van der Waals surface area (Å²) in [6.07, 6.45) is 30.0. The van der Waals surface area contributed by atoms with Crippen molar-refractivity contribution < 1.29 is 4.79 Å². The number of hydrogen-bond donors (Lipinski definition) is 1. The second-order valence-corrected chi connectivity index (χ2v) is 12.2. The summed E-state index contributed by atoms with van der Waals surface area (Å²) in [5.74, 6) is 2.73. The fourth-order valence-electron chi connectivity index (χ4n) is 7.97. The fourth-order valence-corrected chi connectivity index (χ4v) is 7.97. The molecule has 1 N–H and O–H groups in total. The number of hydrogen-bond acceptors (Lipinski definition) is 1. The first kappa shape index (κ1) is 24.9. The van der Waals surface area contributed by atoms with Crippen LogP contribution >= 0.6 is 0 Å². The minimum absolute atomic E-state index is 0.194. The SMILES string of the molecule is C=C/C(BC1CCCC(C23CC(NC(=O)BC4CCCCCCC4)(C2)C3)CCC1)=C\C=C/C. The number of amides is 1. The molecule has 0 aliphatic heterocycles. The zero-order valence-corrected chi connectivity index (χ0v) is 21.4. The quantitative estimate of drug-likeness (QED) is 0.304. The van der Waals surface area contributed by atoms with E-state index in [-0.39, 0.29) is 5.54 Å². The molecule has 0 aromatic heterocycles. The van der Waals surface area contributed by atoms with Crippen molar-refractivity contribution in [3.63, 3.8) is 0 Å². The number of carbonyl (C=O) groups is 1. The summed E-state index contributed by atoms with van der Waals surface area (Å²) < 4.78 is 0. The zero-order valence-electron chi connectivity index (χ0n) is 21.4. The van der Waals surface area contributed by atoms with Gasteiger partial charge in [0.05, 0.1) is 0 Å². The summed E-state index contributed by atoms with van der Waals surface area (Å²) in [4.78, 5) is 12.8. The van der Waals surface area contributed by atoms with Crippen LogP contribution in [0.25, 0.3) is 0 Å². The highest BCUT2D eigenvalue weighted by Gasteiger charge is 2.70. The minimum Gasteiger partial charge on any atom is -0.360 e. The molecule has 33 heavy (non-hydrogen) atoms. The third-order valence-corrected chi connectivity index (χ3v) is 9.66. The van der Waals surface area contributed by atoms with Crippen LogP contribution in [0.4, 0.5) is 4.79 Å². The second-order valence-electron chi connectivity index (χ2n) is 12.2. The van der Waals surface area contributed by atoms with Crippen molar-refractivity contribution in [3.05, 3.63) is 36.4 Å². The normalized spacial score (nSPS) is 35.7. The van der Waals surface area contributed by atoms with Crippen LogP contribution in [-0.2, 0) is 0 Å². The summed E-state index contributed by atoms with van der Waals surface area (Å²) in [7, 11) is 1.98. The molecular weight excluding hydrogens is 400 g/mol. The molecule has 0 atom stereocenters. The van der Waals surface area contributed by atoms with Crippen LogP contribution in [0.15, 0.2) is 36.4 Å². The van der Waals surface area contributed by atoms with Gasteiger partial charge in [0.2, 0.25) is 7.28 Å². The molecule has 5 rings (SSSR count). The number of carbonyl (C=O) groups excluding carboxylic acids is 1. The number of rotatable bonds is 8. The molecule has 1 amide bonds. The van der Waals surface area contributed by atoms with Crippen molar-refractivity contribution in [2.24, 2.45) is 11.3 Å². The largest absolute Gasteiger partial charge is 0.360 e. The van der Waals surface area contributed by atoms with E-state index in [0.717, 1.165) is 19.0 Å². The highest BCUT2D eigenvalue weighted by molar-refractivity contribution is 6.74. The zero-order chi connectivity index (χ0) is 23.2. The van der Waals surface area contributed by atoms with Crippen LogP contribution in [0.2, 0.25) is 11.6 Å². The summed E-state index contributed by atoms with van der Waals surface area (Å²) >= 11 is 0. The molecule has 4 heteroatoms. The van der Waals surface area contributed by atoms with E-state index >= 15 is 0 Å². The first-order valence-electron chi connectivity index (χ1n) is 14.3. The molecule has 0 unspecified atom stereocenters. The lowest BCUT2D eigenvalue weighted by molar-refractivity contribution is -0.188. The Labute approximate surface area is 205 Å². The third kappa shape index (κ3) is 6.28. The van der Waals surface area contributed by atoms with Gasteiger partial charge < -0.3 is 5.32 Å². The molecule has 5 saturated carbocycles. The van der Waals surface area contributed by atoms with Crippen LogP contribution in [0.5, 0.6) is 0 Å². The van der Waals surface area contributed by atoms with E-state index in [0.29, 0.717) is 17.0 Å². The van der Waals surface area contributed by atoms with Crippen molar-refractivity contribution in [1.29, 1.82) is 0 Å². The van der Waals surface area contributed by atoms with Crippen molar-refractivity contribution >= 4 is 20.4 Å². The van der Waals surface area contributed by atoms with E-state index in [1.807, 2.05) is 6.08 Å². The van der Waals surface area contributed by atoms with Gasteiger partial charge in [0.25, 0.3) is 0 Å². The lowest BCUT2D eigenvalue weighted by atomic mass is 9.34. The molecule has 0 aromatic carbocycles. The van der Waals surface area contributed by atoms with Gasteiger partial charge in [-0.3, -0.25) is 4.79 Å². The van der Waals surface area contributed by atoms with E-state index in [1.54, 1.807) is 0 Å². The Hall–Kier alpha value is -1.18. The Morgan fingerprint density at radius 2 is 1.42 bits per heavy atom. The van der Waals surface area contributed by atoms with Crippen molar-refractivity contribution in [3.8, 4) is 0 Å². The topological polar surface area (TPSA) is 29.1 Å². The smallest absolute Gasteiger partial charge is 0.237 e. The number of nitrogens with one attached hydrogen (secondary N) is 1. The summed E-state index contributed by atoms with van der Waals surface area (Å²) in [5.41, 5.74) is 2.17. The van der Waals surface area contributed by atoms with Gasteiger partial charge in [-0.05, 0) is 50.4 Å². The molecule has 2 nitrogen and oxygen atoms in total. The number of allylic oxidation sites excluding steroid dienone is 5. The van der Waals surface area contributed by atoms with Gasteiger partial charge in [-0.1, -0.05) is 119 Å². The maximum absolute atomic E-state index is 12.8. The average Bonchev–Trinajstić information content (AvgIpc) is 2.70. The van der Waals surface area contributed by atoms with Gasteiger partial charge >= 0.3 is 0 Å². The molecular formula is C29H47B2NO. The lowest BCUT2D eigenvalue weighted by Crippen LogP contribution is -2.76. The molecule has 0 radical (unpaired) electrons. The molecule has 2 bridgehead atoms. The van der Waals surface area contributed by atoms with Gasteiger partial charge in [-0.2, -0.15) is 0 Å². The van der Waals surface area contributed by atoms with Crippen LogP contribution in [0, 0.1) is 11.3 Å². The Balaban J connectivity index is 1.18. The molecule has 5 fully saturated rings. The minimum atomic E-state index is 0.194. The Morgan fingerprint density at radius 3 is 2.03 bits per heavy atom. The highest BCUT2D eigenvalue weighted by Crippen LogP contribution is 2.72. The Bertz CT molecular complexity index is 704. The molecule has 5 aliphatic rings. The molecule has 180 valence electrons. The van der Waals surface area contributed by atoms with E-state index in [4.69, 9.17) is 0 Å². The predicted octanol–water partition coefficient (Wildman–Crippen LogP) is 7.43. The first-order valence-corrected chi connectivity index (χ1v) is 14.3. The molecule has 5 aliphatic carbocycles. The molecule has 0 saturated heterocycles. The standard InChI is InChI=1S/C29H47B2NO/c1-3-5-15-24(4-2)30-25-18-11-13-23(14-12-19-25)28-20-29(21-28,22-28)32-27(33)31-26-16-9-7-6-8-10-17-26/h3-5,15,23,25-26,30-31H,2,6-14,16-22H2,1H3,(H,32,33)/b5-3-,24-15+. The van der Waals surface area contributed by atoms with Gasteiger partial charge in [0.1, 0.15) is 0 Å². The lowest BCUT2D eigenvalue weighted by Gasteiger charge is -2.74. The predicted molar refractivity (Wildman–Crippen MR) is 146 cm³/mol. The van der Waals surface area contributed by atoms with E-state index in [9.17, 15) is 4.79 Å². The van der Waals surface area contributed by atoms with Crippen molar-refractivity contribution in [1.82, 2.24) is 5.32 Å². The van der Waals surface area contributed by atoms with E-state index < -0.39 is 0 Å². The first-order chi connectivity index (χ1) is 16.1. The molecule has 0 heterocycles. The van der Waals surface area contributed by atoms with Gasteiger partial charge in [0.15, 0.2) is 13.1 Å². The van der Waals surface area contributed by atoms with Crippen LogP contribution in [-0.4, -0.2) is 25.9 Å². The van der Waals surface area contributed by atoms with Crippen LogP contribution in [0.1, 0.15) is 110 Å². The van der Waals surface area contributed by atoms with Crippen molar-refractivity contribution in [2.75, 3.05) is 0 Å². The highest BCUT2D eigenvalue weighted by atomic mass is 16.1. The average molecular weight is 447 g/mol. The van der Waals surface area contributed by atoms with Crippen molar-refractivity contribution in [2.45, 2.75) is 127 Å².